The summed E-state index contributed by atoms with van der Waals surface area (Å²) in [6, 6.07) is 2.88. The maximum Gasteiger partial charge on any atom is 0.136 e. The minimum Gasteiger partial charge on any atom is -0.506 e. The van der Waals surface area contributed by atoms with E-state index in [2.05, 4.69) is 15.9 Å². The molecule has 0 heterocycles. The number of rotatable bonds is 2. The van der Waals surface area contributed by atoms with Crippen LogP contribution in [0.25, 0.3) is 0 Å². The predicted molar refractivity (Wildman–Crippen MR) is 56.8 cm³/mol. The molecular formula is C8H10BrClN2O. The van der Waals surface area contributed by atoms with Gasteiger partial charge in [-0.2, -0.15) is 0 Å². The van der Waals surface area contributed by atoms with E-state index in [9.17, 15) is 5.11 Å². The van der Waals surface area contributed by atoms with Gasteiger partial charge in [0.05, 0.1) is 4.47 Å². The Balaban J connectivity index is 3.25. The van der Waals surface area contributed by atoms with Crippen molar-refractivity contribution in [1.82, 2.24) is 0 Å². The third kappa shape index (κ3) is 2.14. The molecule has 0 radical (unpaired) electrons. The second kappa shape index (κ2) is 4.28. The van der Waals surface area contributed by atoms with Crippen molar-refractivity contribution in [3.8, 4) is 5.75 Å². The highest BCUT2D eigenvalue weighted by molar-refractivity contribution is 9.10. The maximum atomic E-state index is 9.61. The van der Waals surface area contributed by atoms with E-state index in [4.69, 9.17) is 23.1 Å². The smallest absolute Gasteiger partial charge is 0.136 e. The van der Waals surface area contributed by atoms with Gasteiger partial charge in [-0.3, -0.25) is 0 Å². The van der Waals surface area contributed by atoms with Crippen LogP contribution in [0.2, 0.25) is 5.02 Å². The molecule has 0 amide bonds. The van der Waals surface area contributed by atoms with Crippen LogP contribution in [0.3, 0.4) is 0 Å². The van der Waals surface area contributed by atoms with Crippen molar-refractivity contribution in [1.29, 1.82) is 0 Å². The Kier molecular flexibility index (Phi) is 3.55. The number of hydrogen-bond acceptors (Lipinski definition) is 3. The molecule has 0 spiro atoms. The highest BCUT2D eigenvalue weighted by atomic mass is 79.9. The molecule has 3 nitrogen and oxygen atoms in total. The molecule has 0 unspecified atom stereocenters. The first-order valence-electron chi connectivity index (χ1n) is 3.70. The van der Waals surface area contributed by atoms with E-state index in [0.29, 0.717) is 15.1 Å². The van der Waals surface area contributed by atoms with Crippen molar-refractivity contribution in [3.63, 3.8) is 0 Å². The predicted octanol–water partition coefficient (Wildman–Crippen LogP) is 1.77. The van der Waals surface area contributed by atoms with Gasteiger partial charge in [0.25, 0.3) is 0 Å². The van der Waals surface area contributed by atoms with Crippen LogP contribution in [-0.4, -0.2) is 11.7 Å². The monoisotopic (exact) mass is 264 g/mol. The number of hydrogen-bond donors (Lipinski definition) is 3. The van der Waals surface area contributed by atoms with Crippen molar-refractivity contribution in [3.05, 3.63) is 27.2 Å². The molecule has 5 N–H and O–H groups in total. The van der Waals surface area contributed by atoms with Crippen LogP contribution in [0.4, 0.5) is 0 Å². The third-order valence-corrected chi connectivity index (χ3v) is 2.71. The minimum atomic E-state index is -0.440. The summed E-state index contributed by atoms with van der Waals surface area (Å²) in [4.78, 5) is 0. The highest BCUT2D eigenvalue weighted by Gasteiger charge is 2.15. The molecule has 1 atom stereocenters. The molecule has 0 bridgehead atoms. The third-order valence-electron chi connectivity index (χ3n) is 1.74. The van der Waals surface area contributed by atoms with Crippen molar-refractivity contribution < 1.29 is 5.11 Å². The summed E-state index contributed by atoms with van der Waals surface area (Å²) < 4.78 is 0.566. The van der Waals surface area contributed by atoms with E-state index in [-0.39, 0.29) is 12.3 Å². The van der Waals surface area contributed by atoms with Crippen LogP contribution < -0.4 is 11.5 Å². The largest absolute Gasteiger partial charge is 0.506 e. The first-order valence-corrected chi connectivity index (χ1v) is 4.87. The van der Waals surface area contributed by atoms with Crippen molar-refractivity contribution in [2.75, 3.05) is 6.54 Å². The Hall–Kier alpha value is -0.290. The SMILES string of the molecule is NC[C@@H](N)c1c(Cl)ccc(Br)c1O. The summed E-state index contributed by atoms with van der Waals surface area (Å²) in [7, 11) is 0. The lowest BCUT2D eigenvalue weighted by Crippen LogP contribution is -2.21. The number of aromatic hydroxyl groups is 1. The van der Waals surface area contributed by atoms with Gasteiger partial charge in [-0.1, -0.05) is 11.6 Å². The summed E-state index contributed by atoms with van der Waals surface area (Å²) in [6.45, 7) is 0.240. The van der Waals surface area contributed by atoms with Gasteiger partial charge in [-0.25, -0.2) is 0 Å². The molecular weight excluding hydrogens is 255 g/mol. The number of benzene rings is 1. The fraction of sp³-hybridized carbons (Fsp3) is 0.250. The molecule has 1 rings (SSSR count). The molecule has 72 valence electrons. The van der Waals surface area contributed by atoms with Gasteiger partial charge in [-0.15, -0.1) is 0 Å². The van der Waals surface area contributed by atoms with Crippen molar-refractivity contribution in [2.24, 2.45) is 11.5 Å². The van der Waals surface area contributed by atoms with E-state index < -0.39 is 6.04 Å². The van der Waals surface area contributed by atoms with E-state index in [1.807, 2.05) is 0 Å². The Morgan fingerprint density at radius 2 is 2.15 bits per heavy atom. The molecule has 1 aromatic carbocycles. The van der Waals surface area contributed by atoms with Gasteiger partial charge < -0.3 is 16.6 Å². The molecule has 1 aromatic rings. The molecule has 0 aliphatic rings. The molecule has 13 heavy (non-hydrogen) atoms. The minimum absolute atomic E-state index is 0.0606. The normalized spacial score (nSPS) is 12.9. The highest BCUT2D eigenvalue weighted by Crippen LogP contribution is 2.35. The molecule has 0 aromatic heterocycles. The second-order valence-corrected chi connectivity index (χ2v) is 3.90. The molecule has 5 heteroatoms. The lowest BCUT2D eigenvalue weighted by Gasteiger charge is -2.13. The van der Waals surface area contributed by atoms with E-state index >= 15 is 0 Å². The van der Waals surface area contributed by atoms with Crippen LogP contribution in [0, 0.1) is 0 Å². The van der Waals surface area contributed by atoms with Crippen LogP contribution >= 0.6 is 27.5 Å². The average molecular weight is 266 g/mol. The molecule has 0 saturated carbocycles. The maximum absolute atomic E-state index is 9.61. The van der Waals surface area contributed by atoms with Gasteiger partial charge in [0.15, 0.2) is 0 Å². The van der Waals surface area contributed by atoms with Gasteiger partial charge >= 0.3 is 0 Å². The molecule has 0 fully saturated rings. The lowest BCUT2D eigenvalue weighted by atomic mass is 10.1. The summed E-state index contributed by atoms with van der Waals surface area (Å²) in [5.74, 6) is 0.0606. The van der Waals surface area contributed by atoms with Crippen LogP contribution in [-0.2, 0) is 0 Å². The van der Waals surface area contributed by atoms with Gasteiger partial charge in [0.2, 0.25) is 0 Å². The summed E-state index contributed by atoms with van der Waals surface area (Å²) in [6.07, 6.45) is 0. The number of phenolic OH excluding ortho intramolecular Hbond substituents is 1. The standard InChI is InChI=1S/C8H10BrClN2O/c9-4-1-2-5(10)7(8(4)13)6(12)3-11/h1-2,6,13H,3,11-12H2/t6-/m1/s1. The topological polar surface area (TPSA) is 72.3 Å². The summed E-state index contributed by atoms with van der Waals surface area (Å²) >= 11 is 9.03. The molecule has 0 aliphatic heterocycles. The zero-order valence-electron chi connectivity index (χ0n) is 6.80. The van der Waals surface area contributed by atoms with E-state index in [1.54, 1.807) is 12.1 Å². The summed E-state index contributed by atoms with van der Waals surface area (Å²) in [5.41, 5.74) is 11.5. The van der Waals surface area contributed by atoms with Crippen LogP contribution in [0.1, 0.15) is 11.6 Å². The van der Waals surface area contributed by atoms with E-state index in [1.165, 1.54) is 0 Å². The van der Waals surface area contributed by atoms with Crippen molar-refractivity contribution >= 4 is 27.5 Å². The Labute approximate surface area is 89.8 Å². The fourth-order valence-electron chi connectivity index (χ4n) is 1.03. The molecule has 0 saturated heterocycles. The lowest BCUT2D eigenvalue weighted by molar-refractivity contribution is 0.458. The Morgan fingerprint density at radius 1 is 1.54 bits per heavy atom. The average Bonchev–Trinajstić information content (AvgIpc) is 2.12. The van der Waals surface area contributed by atoms with Gasteiger partial charge in [0.1, 0.15) is 5.75 Å². The Morgan fingerprint density at radius 3 is 2.69 bits per heavy atom. The summed E-state index contributed by atoms with van der Waals surface area (Å²) in [5, 5.41) is 10.0. The first-order chi connectivity index (χ1) is 6.07. The van der Waals surface area contributed by atoms with Gasteiger partial charge in [-0.05, 0) is 28.1 Å². The second-order valence-electron chi connectivity index (χ2n) is 2.63. The number of phenols is 1. The molecule has 0 aliphatic carbocycles. The van der Waals surface area contributed by atoms with E-state index in [0.717, 1.165) is 0 Å². The van der Waals surface area contributed by atoms with Crippen molar-refractivity contribution in [2.45, 2.75) is 6.04 Å². The van der Waals surface area contributed by atoms with Crippen LogP contribution in [0.5, 0.6) is 5.75 Å². The quantitative estimate of drug-likeness (QED) is 0.763. The Bertz CT molecular complexity index is 319. The first kappa shape index (κ1) is 10.8. The zero-order valence-corrected chi connectivity index (χ0v) is 9.14. The number of halogens is 2. The zero-order chi connectivity index (χ0) is 10.0. The number of nitrogens with two attached hydrogens (primary N) is 2. The van der Waals surface area contributed by atoms with Crippen LogP contribution in [0.15, 0.2) is 16.6 Å². The fourth-order valence-corrected chi connectivity index (χ4v) is 1.67. The van der Waals surface area contributed by atoms with Gasteiger partial charge in [0, 0.05) is 23.2 Å².